The first-order chi connectivity index (χ1) is 14.5. The number of ether oxygens (including phenoxy) is 1. The van der Waals surface area contributed by atoms with E-state index in [9.17, 15) is 9.59 Å². The van der Waals surface area contributed by atoms with Gasteiger partial charge in [0.1, 0.15) is 0 Å². The van der Waals surface area contributed by atoms with E-state index in [0.717, 1.165) is 16.7 Å². The average Bonchev–Trinajstić information content (AvgIpc) is 3.03. The number of aromatic nitrogens is 2. The molecule has 152 valence electrons. The number of allylic oxidation sites excluding steroid dienone is 1. The molecule has 0 fully saturated rings. The fourth-order valence-electron chi connectivity index (χ4n) is 3.47. The van der Waals surface area contributed by atoms with Crippen molar-refractivity contribution in [2.45, 2.75) is 26.8 Å². The van der Waals surface area contributed by atoms with Crippen LogP contribution in [0, 0.1) is 6.92 Å². The maximum Gasteiger partial charge on any atom is 0.338 e. The predicted octanol–water partition coefficient (Wildman–Crippen LogP) is 2.50. The van der Waals surface area contributed by atoms with Gasteiger partial charge in [0.2, 0.25) is 0 Å². The molecule has 3 aromatic rings. The van der Waals surface area contributed by atoms with Gasteiger partial charge in [-0.2, -0.15) is 0 Å². The zero-order valence-corrected chi connectivity index (χ0v) is 17.8. The highest BCUT2D eigenvalue weighted by molar-refractivity contribution is 7.07. The van der Waals surface area contributed by atoms with Crippen LogP contribution in [0.15, 0.2) is 69.8 Å². The topological polar surface area (TPSA) is 73.6 Å². The fourth-order valence-corrected chi connectivity index (χ4v) is 4.51. The number of thiazole rings is 1. The van der Waals surface area contributed by atoms with Crippen molar-refractivity contribution < 1.29 is 9.53 Å². The van der Waals surface area contributed by atoms with Crippen LogP contribution in [0.5, 0.6) is 0 Å². The van der Waals surface area contributed by atoms with E-state index >= 15 is 0 Å². The summed E-state index contributed by atoms with van der Waals surface area (Å²) in [4.78, 5) is 35.4. The Bertz CT molecular complexity index is 1300. The molecule has 7 heteroatoms. The summed E-state index contributed by atoms with van der Waals surface area (Å²) in [6, 6.07) is 10.9. The third-order valence-corrected chi connectivity index (χ3v) is 5.88. The van der Waals surface area contributed by atoms with E-state index in [4.69, 9.17) is 4.74 Å². The second kappa shape index (κ2) is 8.20. The van der Waals surface area contributed by atoms with E-state index in [-0.39, 0.29) is 12.2 Å². The third kappa shape index (κ3) is 3.64. The molecule has 2 aromatic heterocycles. The molecule has 0 bridgehead atoms. The molecule has 4 rings (SSSR count). The maximum atomic E-state index is 13.4. The number of aryl methyl sites for hydroxylation is 1. The molecule has 0 saturated heterocycles. The monoisotopic (exact) mass is 419 g/mol. The molecule has 0 unspecified atom stereocenters. The molecule has 1 aliphatic rings. The van der Waals surface area contributed by atoms with Crippen molar-refractivity contribution in [2.75, 3.05) is 6.61 Å². The Morgan fingerprint density at radius 1 is 1.23 bits per heavy atom. The van der Waals surface area contributed by atoms with E-state index in [1.54, 1.807) is 36.9 Å². The number of carbonyl (C=O) groups excluding carboxylic acids is 1. The predicted molar refractivity (Wildman–Crippen MR) is 116 cm³/mol. The van der Waals surface area contributed by atoms with E-state index in [1.165, 1.54) is 11.3 Å². The molecule has 0 amide bonds. The SMILES string of the molecule is CCOC(=O)C1=C(C)N=c2s/c(=C/c3cccnc3)c(=O)n2[C@H]1c1ccc(C)cc1. The second-order valence-electron chi connectivity index (χ2n) is 7.00. The van der Waals surface area contributed by atoms with Crippen molar-refractivity contribution in [2.24, 2.45) is 4.99 Å². The molecule has 0 N–H and O–H groups in total. The van der Waals surface area contributed by atoms with Crippen LogP contribution in [0.3, 0.4) is 0 Å². The number of benzene rings is 1. The zero-order valence-electron chi connectivity index (χ0n) is 17.0. The summed E-state index contributed by atoms with van der Waals surface area (Å²) >= 11 is 1.30. The Morgan fingerprint density at radius 2 is 2.00 bits per heavy atom. The molecule has 0 aliphatic carbocycles. The molecule has 0 saturated carbocycles. The zero-order chi connectivity index (χ0) is 21.3. The molecule has 30 heavy (non-hydrogen) atoms. The first-order valence-corrected chi connectivity index (χ1v) is 10.5. The maximum absolute atomic E-state index is 13.4. The molecular weight excluding hydrogens is 398 g/mol. The lowest BCUT2D eigenvalue weighted by atomic mass is 9.95. The van der Waals surface area contributed by atoms with Gasteiger partial charge in [-0.1, -0.05) is 47.2 Å². The highest BCUT2D eigenvalue weighted by Crippen LogP contribution is 2.30. The number of pyridine rings is 1. The van der Waals surface area contributed by atoms with E-state index in [0.29, 0.717) is 20.6 Å². The lowest BCUT2D eigenvalue weighted by Gasteiger charge is -2.24. The van der Waals surface area contributed by atoms with Gasteiger partial charge in [-0.3, -0.25) is 14.3 Å². The van der Waals surface area contributed by atoms with Crippen molar-refractivity contribution in [1.82, 2.24) is 9.55 Å². The minimum absolute atomic E-state index is 0.192. The summed E-state index contributed by atoms with van der Waals surface area (Å²) in [6.07, 6.45) is 5.18. The van der Waals surface area contributed by atoms with Crippen LogP contribution in [0.4, 0.5) is 0 Å². The molecule has 0 spiro atoms. The Balaban J connectivity index is 1.96. The normalized spacial score (nSPS) is 16.2. The van der Waals surface area contributed by atoms with Gasteiger partial charge in [0.05, 0.1) is 28.5 Å². The number of nitrogens with zero attached hydrogens (tertiary/aromatic N) is 3. The summed E-state index contributed by atoms with van der Waals surface area (Å²) in [6.45, 7) is 5.79. The van der Waals surface area contributed by atoms with Crippen molar-refractivity contribution in [1.29, 1.82) is 0 Å². The van der Waals surface area contributed by atoms with Gasteiger partial charge in [-0.15, -0.1) is 0 Å². The molecular formula is C23H21N3O3S. The Labute approximate surface area is 177 Å². The van der Waals surface area contributed by atoms with Crippen LogP contribution < -0.4 is 14.9 Å². The van der Waals surface area contributed by atoms with Crippen LogP contribution in [0.25, 0.3) is 6.08 Å². The summed E-state index contributed by atoms with van der Waals surface area (Å²) in [5.74, 6) is -0.453. The Kier molecular flexibility index (Phi) is 5.46. The minimum Gasteiger partial charge on any atom is -0.463 e. The van der Waals surface area contributed by atoms with Crippen molar-refractivity contribution in [3.05, 3.63) is 96.4 Å². The fraction of sp³-hybridized carbons (Fsp3) is 0.217. The number of carbonyl (C=O) groups is 1. The second-order valence-corrected chi connectivity index (χ2v) is 8.01. The van der Waals surface area contributed by atoms with Gasteiger partial charge >= 0.3 is 5.97 Å². The molecule has 0 radical (unpaired) electrons. The van der Waals surface area contributed by atoms with Crippen LogP contribution >= 0.6 is 11.3 Å². The molecule has 1 aromatic carbocycles. The van der Waals surface area contributed by atoms with Gasteiger partial charge in [0.15, 0.2) is 4.80 Å². The number of hydrogen-bond donors (Lipinski definition) is 0. The first kappa shape index (κ1) is 20.0. The quantitative estimate of drug-likeness (QED) is 0.609. The first-order valence-electron chi connectivity index (χ1n) is 9.66. The lowest BCUT2D eigenvalue weighted by Crippen LogP contribution is -2.39. The van der Waals surface area contributed by atoms with Crippen molar-refractivity contribution >= 4 is 23.4 Å². The highest BCUT2D eigenvalue weighted by atomic mass is 32.1. The van der Waals surface area contributed by atoms with Crippen LogP contribution in [0.2, 0.25) is 0 Å². The largest absolute Gasteiger partial charge is 0.463 e. The number of fused-ring (bicyclic) bond motifs is 1. The van der Waals surface area contributed by atoms with Gasteiger partial charge in [-0.05, 0) is 44.0 Å². The standard InChI is InChI=1S/C23H21N3O3S/c1-4-29-22(28)19-15(3)25-23-26(20(19)17-9-7-14(2)8-10-17)21(27)18(30-23)12-16-6-5-11-24-13-16/h5-13,20H,4H2,1-3H3/b18-12+/t20-/m0/s1. The highest BCUT2D eigenvalue weighted by Gasteiger charge is 2.33. The molecule has 1 aliphatic heterocycles. The van der Waals surface area contributed by atoms with Crippen LogP contribution in [0.1, 0.15) is 36.6 Å². The van der Waals surface area contributed by atoms with Gasteiger partial charge in [-0.25, -0.2) is 9.79 Å². The summed E-state index contributed by atoms with van der Waals surface area (Å²) in [5, 5.41) is 0. The third-order valence-electron chi connectivity index (χ3n) is 4.89. The van der Waals surface area contributed by atoms with E-state index in [2.05, 4.69) is 9.98 Å². The van der Waals surface area contributed by atoms with Crippen LogP contribution in [-0.2, 0) is 9.53 Å². The van der Waals surface area contributed by atoms with E-state index < -0.39 is 12.0 Å². The van der Waals surface area contributed by atoms with Gasteiger partial charge in [0.25, 0.3) is 5.56 Å². The lowest BCUT2D eigenvalue weighted by molar-refractivity contribution is -0.139. The smallest absolute Gasteiger partial charge is 0.338 e. The van der Waals surface area contributed by atoms with Crippen LogP contribution in [-0.4, -0.2) is 22.1 Å². The molecule has 6 nitrogen and oxygen atoms in total. The van der Waals surface area contributed by atoms with Gasteiger partial charge < -0.3 is 4.74 Å². The molecule has 1 atom stereocenters. The average molecular weight is 420 g/mol. The van der Waals surface area contributed by atoms with Gasteiger partial charge in [0, 0.05) is 12.4 Å². The summed E-state index contributed by atoms with van der Waals surface area (Å²) < 4.78 is 7.43. The minimum atomic E-state index is -0.586. The van der Waals surface area contributed by atoms with Crippen molar-refractivity contribution in [3.8, 4) is 0 Å². The summed E-state index contributed by atoms with van der Waals surface area (Å²) in [7, 11) is 0. The number of rotatable bonds is 4. The number of esters is 1. The molecule has 3 heterocycles. The summed E-state index contributed by atoms with van der Waals surface area (Å²) in [5.41, 5.74) is 3.53. The number of hydrogen-bond acceptors (Lipinski definition) is 6. The van der Waals surface area contributed by atoms with Crippen molar-refractivity contribution in [3.63, 3.8) is 0 Å². The Hall–Kier alpha value is -3.32. The van der Waals surface area contributed by atoms with E-state index in [1.807, 2.05) is 43.3 Å². The Morgan fingerprint density at radius 3 is 2.67 bits per heavy atom.